The Kier molecular flexibility index (Phi) is 8.17. The molecule has 0 radical (unpaired) electrons. The van der Waals surface area contributed by atoms with Crippen LogP contribution in [0.1, 0.15) is 37.4 Å². The molecule has 9 heteroatoms. The summed E-state index contributed by atoms with van der Waals surface area (Å²) in [6.45, 7) is 3.83. The summed E-state index contributed by atoms with van der Waals surface area (Å²) >= 11 is 6.26. The van der Waals surface area contributed by atoms with E-state index >= 15 is 0 Å². The van der Waals surface area contributed by atoms with Crippen LogP contribution in [0.4, 0.5) is 11.4 Å². The fourth-order valence-electron chi connectivity index (χ4n) is 4.26. The topological polar surface area (TPSA) is 102 Å². The summed E-state index contributed by atoms with van der Waals surface area (Å²) in [4.78, 5) is 52.0. The lowest BCUT2D eigenvalue weighted by molar-refractivity contribution is -0.120. The summed E-state index contributed by atoms with van der Waals surface area (Å²) in [5, 5.41) is 2.67. The van der Waals surface area contributed by atoms with Crippen LogP contribution in [-0.2, 0) is 20.9 Å². The Balaban J connectivity index is 1.19. The molecule has 0 bridgehead atoms. The van der Waals surface area contributed by atoms with Gasteiger partial charge in [-0.3, -0.25) is 9.59 Å². The molecule has 0 unspecified atom stereocenters. The number of nitrogens with one attached hydrogen (secondary N) is 1. The lowest BCUT2D eigenvalue weighted by Crippen LogP contribution is -2.32. The summed E-state index contributed by atoms with van der Waals surface area (Å²) in [5.74, 6) is -2.05. The molecule has 0 saturated carbocycles. The summed E-state index contributed by atoms with van der Waals surface area (Å²) in [7, 11) is 0. The highest BCUT2D eigenvalue weighted by molar-refractivity contribution is 6.53. The van der Waals surface area contributed by atoms with Gasteiger partial charge in [0.25, 0.3) is 11.8 Å². The molecular weight excluding hydrogens is 556 g/mol. The predicted octanol–water partition coefficient (Wildman–Crippen LogP) is 6.32. The van der Waals surface area contributed by atoms with Gasteiger partial charge in [0.05, 0.1) is 16.8 Å². The van der Waals surface area contributed by atoms with E-state index in [2.05, 4.69) is 5.32 Å². The van der Waals surface area contributed by atoms with Crippen LogP contribution in [0.3, 0.4) is 0 Å². The minimum absolute atomic E-state index is 0.0553. The molecule has 4 aromatic carbocycles. The zero-order valence-electron chi connectivity index (χ0n) is 22.7. The largest absolute Gasteiger partial charge is 0.457 e. The van der Waals surface area contributed by atoms with E-state index in [9.17, 15) is 19.2 Å². The normalized spacial score (nSPS) is 12.9. The lowest BCUT2D eigenvalue weighted by Gasteiger charge is -2.18. The first-order valence-electron chi connectivity index (χ1n) is 13.0. The Hall–Kier alpha value is -5.21. The van der Waals surface area contributed by atoms with Crippen LogP contribution >= 0.6 is 11.6 Å². The molecule has 8 nitrogen and oxygen atoms in total. The molecule has 1 heterocycles. The fraction of sp³-hybridized carbons (Fsp3) is 0.0909. The van der Waals surface area contributed by atoms with Crippen molar-refractivity contribution in [3.63, 3.8) is 0 Å². The van der Waals surface area contributed by atoms with Crippen LogP contribution < -0.4 is 15.0 Å². The van der Waals surface area contributed by atoms with Crippen molar-refractivity contribution >= 4 is 46.7 Å². The van der Waals surface area contributed by atoms with Crippen LogP contribution in [0.5, 0.6) is 5.75 Å². The second kappa shape index (κ2) is 12.1. The zero-order chi connectivity index (χ0) is 29.8. The number of carbonyl (C=O) groups is 4. The third-order valence-electron chi connectivity index (χ3n) is 6.54. The van der Waals surface area contributed by atoms with Crippen molar-refractivity contribution in [2.75, 3.05) is 10.2 Å². The number of carbonyl (C=O) groups excluding carboxylic acids is 4. The SMILES string of the molecule is Cc1ccc(C)c(N2C(=O)C(Cl)=C(Nc3ccc(C(=O)Oc4ccc(C(=O)OCc5ccccc5)cc4)cc3)C2=O)c1. The van der Waals surface area contributed by atoms with Crippen LogP contribution in [-0.4, -0.2) is 23.8 Å². The average Bonchev–Trinajstić information content (AvgIpc) is 3.21. The number of imide groups is 1. The van der Waals surface area contributed by atoms with Gasteiger partial charge in [0.1, 0.15) is 23.1 Å². The Morgan fingerprint density at radius 1 is 0.786 bits per heavy atom. The highest BCUT2D eigenvalue weighted by Gasteiger charge is 2.39. The van der Waals surface area contributed by atoms with Gasteiger partial charge < -0.3 is 14.8 Å². The van der Waals surface area contributed by atoms with Gasteiger partial charge in [-0.1, -0.05) is 54.1 Å². The molecule has 42 heavy (non-hydrogen) atoms. The molecule has 0 aromatic heterocycles. The Morgan fingerprint density at radius 2 is 1.43 bits per heavy atom. The van der Waals surface area contributed by atoms with E-state index in [1.54, 1.807) is 18.2 Å². The number of aryl methyl sites for hydroxylation is 2. The van der Waals surface area contributed by atoms with Gasteiger partial charge in [0, 0.05) is 5.69 Å². The molecule has 0 spiro atoms. The minimum Gasteiger partial charge on any atom is -0.457 e. The number of amides is 2. The molecule has 5 rings (SSSR count). The average molecular weight is 581 g/mol. The molecule has 0 aliphatic carbocycles. The van der Waals surface area contributed by atoms with Gasteiger partial charge in [-0.05, 0) is 85.1 Å². The highest BCUT2D eigenvalue weighted by atomic mass is 35.5. The number of rotatable bonds is 8. The second-order valence-corrected chi connectivity index (χ2v) is 9.98. The first kappa shape index (κ1) is 28.3. The van der Waals surface area contributed by atoms with Crippen molar-refractivity contribution in [2.45, 2.75) is 20.5 Å². The van der Waals surface area contributed by atoms with Gasteiger partial charge in [-0.2, -0.15) is 0 Å². The van der Waals surface area contributed by atoms with E-state index in [1.165, 1.54) is 36.4 Å². The number of anilines is 2. The zero-order valence-corrected chi connectivity index (χ0v) is 23.5. The predicted molar refractivity (Wildman–Crippen MR) is 158 cm³/mol. The number of ether oxygens (including phenoxy) is 2. The second-order valence-electron chi connectivity index (χ2n) is 9.60. The maximum atomic E-state index is 13.1. The van der Waals surface area contributed by atoms with Gasteiger partial charge in [0.15, 0.2) is 0 Å². The summed E-state index contributed by atoms with van der Waals surface area (Å²) in [6.07, 6.45) is 0. The number of benzene rings is 4. The van der Waals surface area contributed by atoms with E-state index < -0.39 is 23.8 Å². The third kappa shape index (κ3) is 6.09. The van der Waals surface area contributed by atoms with Gasteiger partial charge >= 0.3 is 11.9 Å². The van der Waals surface area contributed by atoms with E-state index in [0.29, 0.717) is 16.9 Å². The van der Waals surface area contributed by atoms with Gasteiger partial charge in [-0.25, -0.2) is 14.5 Å². The lowest BCUT2D eigenvalue weighted by atomic mass is 10.1. The smallest absolute Gasteiger partial charge is 0.343 e. The molecule has 1 N–H and O–H groups in total. The van der Waals surface area contributed by atoms with E-state index in [1.807, 2.05) is 56.3 Å². The maximum Gasteiger partial charge on any atom is 0.343 e. The standard InChI is InChI=1S/C33H25ClN2O6/c1-20-8-9-21(2)27(18-20)36-30(37)28(34)29(31(36)38)35-25-14-10-24(11-15-25)33(40)42-26-16-12-23(13-17-26)32(39)41-19-22-6-4-3-5-7-22/h3-18,35H,19H2,1-2H3. The van der Waals surface area contributed by atoms with E-state index in [0.717, 1.165) is 21.6 Å². The minimum atomic E-state index is -0.619. The highest BCUT2D eigenvalue weighted by Crippen LogP contribution is 2.32. The summed E-state index contributed by atoms with van der Waals surface area (Å²) < 4.78 is 10.7. The monoisotopic (exact) mass is 580 g/mol. The van der Waals surface area contributed by atoms with E-state index in [-0.39, 0.29) is 28.6 Å². The number of esters is 2. The molecule has 0 saturated heterocycles. The molecule has 0 fully saturated rings. The Bertz CT molecular complexity index is 1710. The molecule has 4 aromatic rings. The molecule has 210 valence electrons. The Labute approximate surface area is 247 Å². The maximum absolute atomic E-state index is 13.1. The van der Waals surface area contributed by atoms with Crippen molar-refractivity contribution in [3.05, 3.63) is 136 Å². The van der Waals surface area contributed by atoms with Crippen LogP contribution in [0.2, 0.25) is 0 Å². The van der Waals surface area contributed by atoms with Crippen molar-refractivity contribution in [3.8, 4) is 5.75 Å². The quantitative estimate of drug-likeness (QED) is 0.148. The summed E-state index contributed by atoms with van der Waals surface area (Å²) in [6, 6.07) is 27.0. The van der Waals surface area contributed by atoms with Crippen molar-refractivity contribution in [2.24, 2.45) is 0 Å². The first-order valence-corrected chi connectivity index (χ1v) is 13.4. The van der Waals surface area contributed by atoms with E-state index in [4.69, 9.17) is 21.1 Å². The molecule has 2 amide bonds. The van der Waals surface area contributed by atoms with Crippen LogP contribution in [0.15, 0.2) is 108 Å². The number of nitrogens with zero attached hydrogens (tertiary/aromatic N) is 1. The number of hydrogen-bond acceptors (Lipinski definition) is 7. The molecule has 1 aliphatic heterocycles. The van der Waals surface area contributed by atoms with Crippen LogP contribution in [0.25, 0.3) is 0 Å². The third-order valence-corrected chi connectivity index (χ3v) is 6.89. The van der Waals surface area contributed by atoms with Crippen molar-refractivity contribution in [1.82, 2.24) is 0 Å². The first-order chi connectivity index (χ1) is 20.2. The van der Waals surface area contributed by atoms with Crippen molar-refractivity contribution in [1.29, 1.82) is 0 Å². The summed E-state index contributed by atoms with van der Waals surface area (Å²) in [5.41, 5.74) is 3.96. The number of hydrogen-bond donors (Lipinski definition) is 1. The van der Waals surface area contributed by atoms with Crippen molar-refractivity contribution < 1.29 is 28.7 Å². The number of halogens is 1. The van der Waals surface area contributed by atoms with Gasteiger partial charge in [-0.15, -0.1) is 0 Å². The Morgan fingerprint density at radius 3 is 2.12 bits per heavy atom. The van der Waals surface area contributed by atoms with Gasteiger partial charge in [0.2, 0.25) is 0 Å². The van der Waals surface area contributed by atoms with Crippen LogP contribution in [0, 0.1) is 13.8 Å². The molecule has 1 aliphatic rings. The molecule has 0 atom stereocenters. The fourth-order valence-corrected chi connectivity index (χ4v) is 4.47. The molecular formula is C33H25ClN2O6.